The Labute approximate surface area is 290 Å². The van der Waals surface area contributed by atoms with Crippen LogP contribution in [-0.2, 0) is 29.2 Å². The Balaban J connectivity index is 2.52. The summed E-state index contributed by atoms with van der Waals surface area (Å²) < 4.78 is 76.2. The molecule has 0 radical (unpaired) electrons. The van der Waals surface area contributed by atoms with E-state index in [1.807, 2.05) is 136 Å². The van der Waals surface area contributed by atoms with Gasteiger partial charge >= 0.3 is 33.3 Å². The molecule has 0 aliphatic carbocycles. The highest BCUT2D eigenvalue weighted by Gasteiger charge is 2.56. The monoisotopic (exact) mass is 1210 g/mol. The van der Waals surface area contributed by atoms with E-state index >= 15 is 0 Å². The number of ether oxygens (including phenoxy) is 3. The first-order valence-corrected chi connectivity index (χ1v) is 17.0. The number of hydrogen-bond acceptors (Lipinski definition) is 8. The first-order chi connectivity index (χ1) is 16.8. The maximum atomic E-state index is 13.7. The van der Waals surface area contributed by atoms with Crippen molar-refractivity contribution in [2.75, 3.05) is 6.61 Å². The summed E-state index contributed by atoms with van der Waals surface area (Å²) in [6, 6.07) is 6.57. The van der Waals surface area contributed by atoms with Gasteiger partial charge < -0.3 is 14.2 Å². The molecule has 0 aliphatic heterocycles. The quantitative estimate of drug-likeness (QED) is 0.114. The van der Waals surface area contributed by atoms with Gasteiger partial charge in [0.05, 0.1) is 14.3 Å². The number of benzene rings is 2. The second-order valence-corrected chi connectivity index (χ2v) is 15.7. The minimum atomic E-state index is -5.96. The van der Waals surface area contributed by atoms with Crippen LogP contribution in [0.3, 0.4) is 0 Å². The van der Waals surface area contributed by atoms with Gasteiger partial charge in [0, 0.05) is 7.14 Å². The summed E-state index contributed by atoms with van der Waals surface area (Å²) in [6.07, 6.45) is 0. The van der Waals surface area contributed by atoms with Gasteiger partial charge in [-0.1, -0.05) is 0 Å². The van der Waals surface area contributed by atoms with E-state index in [2.05, 4.69) is 4.74 Å². The summed E-state index contributed by atoms with van der Waals surface area (Å²) in [5, 5.41) is -4.90. The van der Waals surface area contributed by atoms with Gasteiger partial charge in [0.15, 0.2) is 18.1 Å². The lowest BCUT2D eigenvalue weighted by atomic mass is 9.91. The lowest BCUT2D eigenvalue weighted by molar-refractivity contribution is -0.177. The van der Waals surface area contributed by atoms with Crippen LogP contribution in [0.15, 0.2) is 24.3 Å². The number of alkyl halides is 2. The van der Waals surface area contributed by atoms with Crippen molar-refractivity contribution >= 4 is 164 Å². The van der Waals surface area contributed by atoms with Crippen LogP contribution in [0.5, 0.6) is 11.5 Å². The van der Waals surface area contributed by atoms with Gasteiger partial charge in [-0.2, -0.15) is 17.2 Å². The maximum Gasteiger partial charge on any atom is 0.402 e. The van der Waals surface area contributed by atoms with Crippen LogP contribution in [0.4, 0.5) is 8.78 Å². The van der Waals surface area contributed by atoms with E-state index in [0.29, 0.717) is 14.3 Å². The second-order valence-electron chi connectivity index (χ2n) is 6.99. The Bertz CT molecular complexity index is 1270. The summed E-state index contributed by atoms with van der Waals surface area (Å²) in [5.74, 6) is -4.95. The van der Waals surface area contributed by atoms with Crippen LogP contribution in [0.2, 0.25) is 0 Å². The fourth-order valence-electron chi connectivity index (χ4n) is 2.26. The van der Waals surface area contributed by atoms with Crippen LogP contribution in [0.1, 0.15) is 6.92 Å². The lowest BCUT2D eigenvalue weighted by Gasteiger charge is -2.25. The number of rotatable bonds is 8. The highest BCUT2D eigenvalue weighted by atomic mass is 127. The van der Waals surface area contributed by atoms with Gasteiger partial charge in [-0.05, 0) is 167 Å². The van der Waals surface area contributed by atoms with Crippen molar-refractivity contribution in [2.24, 2.45) is 5.41 Å². The molecule has 202 valence electrons. The van der Waals surface area contributed by atoms with E-state index < -0.39 is 45.3 Å². The van der Waals surface area contributed by atoms with Crippen molar-refractivity contribution < 1.29 is 50.3 Å². The molecule has 0 saturated heterocycles. The predicted octanol–water partition coefficient (Wildman–Crippen LogP) is 5.86. The molecule has 2 aromatic carbocycles. The van der Waals surface area contributed by atoms with Crippen molar-refractivity contribution in [1.82, 2.24) is 0 Å². The van der Waals surface area contributed by atoms with Crippen molar-refractivity contribution in [1.29, 1.82) is 0 Å². The van der Waals surface area contributed by atoms with Crippen molar-refractivity contribution in [3.8, 4) is 11.5 Å². The molecule has 0 heterocycles. The fourth-order valence-corrected chi connectivity index (χ4v) is 10.1. The molecule has 0 fully saturated rings. The molecule has 0 aromatic heterocycles. The van der Waals surface area contributed by atoms with E-state index in [0.717, 1.165) is 14.1 Å². The Morgan fingerprint density at radius 2 is 1.11 bits per heavy atom. The zero-order valence-electron chi connectivity index (χ0n) is 17.7. The average Bonchev–Trinajstić information content (AvgIpc) is 2.75. The van der Waals surface area contributed by atoms with Gasteiger partial charge in [-0.3, -0.25) is 9.35 Å². The standard InChI is InChI=1S/C19H10F2I6O9S/c1-18(15(28)34-6-19(20,21)37(31,32)33,16(29)35-13-9(24)2-7(22)3-10(13)25)17(30)36-14-11(26)4-8(23)5-12(14)27/h2-5H,6H2,1H3,(H,31,32,33). The maximum absolute atomic E-state index is 13.7. The molecule has 2 rings (SSSR count). The van der Waals surface area contributed by atoms with Crippen LogP contribution >= 0.6 is 136 Å². The molecule has 0 amide bonds. The van der Waals surface area contributed by atoms with E-state index in [-0.39, 0.29) is 11.5 Å². The zero-order valence-corrected chi connectivity index (χ0v) is 31.4. The minimum Gasteiger partial charge on any atom is -0.457 e. The van der Waals surface area contributed by atoms with Crippen LogP contribution in [-0.4, -0.2) is 42.7 Å². The highest BCUT2D eigenvalue weighted by molar-refractivity contribution is 14.1. The molecule has 37 heavy (non-hydrogen) atoms. The Morgan fingerprint density at radius 1 is 0.784 bits per heavy atom. The third kappa shape index (κ3) is 8.28. The molecular weight excluding hydrogens is 1200 g/mol. The van der Waals surface area contributed by atoms with Gasteiger partial charge in [0.1, 0.15) is 0 Å². The summed E-state index contributed by atoms with van der Waals surface area (Å²) in [6.45, 7) is -1.43. The van der Waals surface area contributed by atoms with Crippen LogP contribution in [0.25, 0.3) is 0 Å². The number of halogens is 8. The second kappa shape index (κ2) is 13.3. The van der Waals surface area contributed by atoms with Gasteiger partial charge in [0.2, 0.25) is 0 Å². The largest absolute Gasteiger partial charge is 0.457 e. The lowest BCUT2D eigenvalue weighted by Crippen LogP contribution is -2.50. The van der Waals surface area contributed by atoms with Crippen molar-refractivity contribution in [2.45, 2.75) is 12.2 Å². The number of esters is 3. The molecule has 0 atom stereocenters. The first-order valence-electron chi connectivity index (χ1n) is 9.07. The third-order valence-electron chi connectivity index (χ3n) is 4.29. The number of carbonyl (C=O) groups is 3. The van der Waals surface area contributed by atoms with Gasteiger partial charge in [0.25, 0.3) is 5.41 Å². The highest BCUT2D eigenvalue weighted by Crippen LogP contribution is 2.35. The van der Waals surface area contributed by atoms with Crippen LogP contribution in [0, 0.1) is 26.8 Å². The zero-order chi connectivity index (χ0) is 28.5. The van der Waals surface area contributed by atoms with Crippen molar-refractivity contribution in [3.63, 3.8) is 0 Å². The third-order valence-corrected chi connectivity index (χ3v) is 9.61. The van der Waals surface area contributed by atoms with E-state index in [1.54, 1.807) is 24.3 Å². The molecule has 0 saturated carbocycles. The van der Waals surface area contributed by atoms with E-state index in [4.69, 9.17) is 14.0 Å². The molecule has 0 spiro atoms. The normalized spacial score (nSPS) is 12.2. The Kier molecular flexibility index (Phi) is 12.3. The number of carbonyl (C=O) groups excluding carboxylic acids is 3. The molecule has 1 N–H and O–H groups in total. The fraction of sp³-hybridized carbons (Fsp3) is 0.211. The smallest absolute Gasteiger partial charge is 0.402 e. The summed E-state index contributed by atoms with van der Waals surface area (Å²) >= 11 is 11.5. The molecule has 9 nitrogen and oxygen atoms in total. The molecule has 2 aromatic rings. The van der Waals surface area contributed by atoms with E-state index in [9.17, 15) is 31.6 Å². The van der Waals surface area contributed by atoms with Crippen molar-refractivity contribution in [3.05, 3.63) is 45.7 Å². The first kappa shape index (κ1) is 34.2. The molecule has 18 heteroatoms. The molecule has 0 bridgehead atoms. The summed E-state index contributed by atoms with van der Waals surface area (Å²) in [5.41, 5.74) is -2.97. The Morgan fingerprint density at radius 3 is 1.41 bits per heavy atom. The molecule has 0 aliphatic rings. The molecular formula is C19H10F2I6O9S. The Hall–Kier alpha value is 1.000. The number of hydrogen-bond donors (Lipinski definition) is 1. The predicted molar refractivity (Wildman–Crippen MR) is 176 cm³/mol. The average molecular weight is 1210 g/mol. The SMILES string of the molecule is CC(C(=O)OCC(F)(F)S(=O)(=O)O)(C(=O)Oc1c(I)cc(I)cc1I)C(=O)Oc1c(I)cc(I)cc1I. The molecule has 0 unspecified atom stereocenters. The van der Waals surface area contributed by atoms with E-state index in [1.165, 1.54) is 0 Å². The minimum absolute atomic E-state index is 0.0138. The summed E-state index contributed by atoms with van der Waals surface area (Å²) in [7, 11) is -5.96. The van der Waals surface area contributed by atoms with Gasteiger partial charge in [-0.25, -0.2) is 9.59 Å². The topological polar surface area (TPSA) is 133 Å². The summed E-state index contributed by atoms with van der Waals surface area (Å²) in [4.78, 5) is 39.4. The van der Waals surface area contributed by atoms with Crippen LogP contribution < -0.4 is 9.47 Å². The van der Waals surface area contributed by atoms with Gasteiger partial charge in [-0.15, -0.1) is 0 Å².